The van der Waals surface area contributed by atoms with Gasteiger partial charge in [-0.1, -0.05) is 65.0 Å². The Labute approximate surface area is 119 Å². The van der Waals surface area contributed by atoms with Gasteiger partial charge in [0.15, 0.2) is 0 Å². The fourth-order valence-electron chi connectivity index (χ4n) is 2.42. The second-order valence-electron chi connectivity index (χ2n) is 5.92. The van der Waals surface area contributed by atoms with Crippen LogP contribution in [0.5, 0.6) is 0 Å². The van der Waals surface area contributed by atoms with Crippen LogP contribution in [0.2, 0.25) is 0 Å². The Balaban J connectivity index is 2.67. The maximum Gasteiger partial charge on any atom is 0.0247 e. The van der Waals surface area contributed by atoms with E-state index in [2.05, 4.69) is 75.2 Å². The fraction of sp³-hybridized carbons (Fsp3) is 0.647. The van der Waals surface area contributed by atoms with Crippen LogP contribution in [0, 0.1) is 5.92 Å². The number of hydrogen-bond donors (Lipinski definition) is 1. The van der Waals surface area contributed by atoms with Crippen molar-refractivity contribution in [3.63, 3.8) is 0 Å². The molecule has 0 aliphatic heterocycles. The average molecular weight is 262 g/mol. The summed E-state index contributed by atoms with van der Waals surface area (Å²) in [4.78, 5) is 2.58. The molecule has 19 heavy (non-hydrogen) atoms. The minimum absolute atomic E-state index is 0.552. The van der Waals surface area contributed by atoms with E-state index < -0.39 is 0 Å². The number of benzene rings is 1. The predicted octanol–water partition coefficient (Wildman–Crippen LogP) is 3.53. The van der Waals surface area contributed by atoms with Gasteiger partial charge in [0.2, 0.25) is 0 Å². The van der Waals surface area contributed by atoms with Crippen LogP contribution >= 0.6 is 0 Å². The van der Waals surface area contributed by atoms with Crippen molar-refractivity contribution < 1.29 is 0 Å². The molecular formula is C17H30N2. The summed E-state index contributed by atoms with van der Waals surface area (Å²) in [6, 6.07) is 11.9. The Bertz CT molecular complexity index is 332. The van der Waals surface area contributed by atoms with Crippen molar-refractivity contribution in [1.82, 2.24) is 10.2 Å². The summed E-state index contributed by atoms with van der Waals surface area (Å²) < 4.78 is 0. The summed E-state index contributed by atoms with van der Waals surface area (Å²) in [5.41, 5.74) is 1.40. The molecule has 1 rings (SSSR count). The summed E-state index contributed by atoms with van der Waals surface area (Å²) in [6.07, 6.45) is 0. The highest BCUT2D eigenvalue weighted by molar-refractivity contribution is 5.14. The first-order chi connectivity index (χ1) is 9.04. The molecule has 0 bridgehead atoms. The van der Waals surface area contributed by atoms with Gasteiger partial charge in [-0.2, -0.15) is 0 Å². The van der Waals surface area contributed by atoms with Crippen molar-refractivity contribution in [3.05, 3.63) is 35.9 Å². The number of hydrogen-bond acceptors (Lipinski definition) is 2. The normalized spacial score (nSPS) is 13.5. The zero-order valence-electron chi connectivity index (χ0n) is 13.2. The Morgan fingerprint density at radius 3 is 2.16 bits per heavy atom. The molecule has 1 N–H and O–H groups in total. The van der Waals surface area contributed by atoms with Crippen molar-refractivity contribution in [2.75, 3.05) is 13.1 Å². The third kappa shape index (κ3) is 5.75. The summed E-state index contributed by atoms with van der Waals surface area (Å²) >= 11 is 0. The number of rotatable bonds is 8. The highest BCUT2D eigenvalue weighted by Gasteiger charge is 2.20. The standard InChI is InChI=1S/C17H30N2/c1-6-19(13-16-10-8-7-9-11-16)17(14(2)3)12-18-15(4)5/h7-11,14-15,17-18H,6,12-13H2,1-5H3. The van der Waals surface area contributed by atoms with E-state index in [1.165, 1.54) is 5.56 Å². The third-order valence-electron chi connectivity index (χ3n) is 3.61. The van der Waals surface area contributed by atoms with E-state index in [0.717, 1.165) is 19.6 Å². The molecule has 2 heteroatoms. The van der Waals surface area contributed by atoms with Gasteiger partial charge in [-0.25, -0.2) is 0 Å². The molecule has 1 aromatic rings. The van der Waals surface area contributed by atoms with E-state index in [4.69, 9.17) is 0 Å². The summed E-state index contributed by atoms with van der Waals surface area (Å²) in [6.45, 7) is 14.5. The lowest BCUT2D eigenvalue weighted by Gasteiger charge is -2.34. The molecule has 1 aromatic carbocycles. The monoisotopic (exact) mass is 262 g/mol. The molecule has 0 amide bonds. The first-order valence-corrected chi connectivity index (χ1v) is 7.56. The molecule has 0 saturated heterocycles. The summed E-state index contributed by atoms with van der Waals surface area (Å²) in [5, 5.41) is 3.59. The minimum Gasteiger partial charge on any atom is -0.313 e. The zero-order valence-corrected chi connectivity index (χ0v) is 13.2. The molecule has 2 nitrogen and oxygen atoms in total. The summed E-state index contributed by atoms with van der Waals surface area (Å²) in [7, 11) is 0. The molecule has 0 aromatic heterocycles. The van der Waals surface area contributed by atoms with E-state index in [1.54, 1.807) is 0 Å². The van der Waals surface area contributed by atoms with E-state index in [0.29, 0.717) is 18.0 Å². The van der Waals surface area contributed by atoms with Gasteiger partial charge < -0.3 is 5.32 Å². The van der Waals surface area contributed by atoms with Crippen LogP contribution in [0.25, 0.3) is 0 Å². The average Bonchev–Trinajstić information content (AvgIpc) is 2.38. The quantitative estimate of drug-likeness (QED) is 0.771. The lowest BCUT2D eigenvalue weighted by atomic mass is 10.0. The van der Waals surface area contributed by atoms with Gasteiger partial charge in [0.1, 0.15) is 0 Å². The van der Waals surface area contributed by atoms with Crippen LogP contribution in [0.1, 0.15) is 40.2 Å². The molecule has 0 spiro atoms. The molecule has 0 radical (unpaired) electrons. The lowest BCUT2D eigenvalue weighted by Crippen LogP contribution is -2.46. The van der Waals surface area contributed by atoms with Crippen molar-refractivity contribution in [1.29, 1.82) is 0 Å². The largest absolute Gasteiger partial charge is 0.313 e. The van der Waals surface area contributed by atoms with Gasteiger partial charge in [-0.05, 0) is 18.0 Å². The van der Waals surface area contributed by atoms with Gasteiger partial charge in [-0.3, -0.25) is 4.90 Å². The smallest absolute Gasteiger partial charge is 0.0247 e. The van der Waals surface area contributed by atoms with Crippen molar-refractivity contribution in [3.8, 4) is 0 Å². The maximum absolute atomic E-state index is 3.59. The van der Waals surface area contributed by atoms with Gasteiger partial charge in [0.25, 0.3) is 0 Å². The zero-order chi connectivity index (χ0) is 14.3. The second-order valence-corrected chi connectivity index (χ2v) is 5.92. The molecule has 1 atom stereocenters. The van der Waals surface area contributed by atoms with Crippen molar-refractivity contribution in [2.45, 2.75) is 53.2 Å². The highest BCUT2D eigenvalue weighted by Crippen LogP contribution is 2.14. The van der Waals surface area contributed by atoms with Gasteiger partial charge >= 0.3 is 0 Å². The fourth-order valence-corrected chi connectivity index (χ4v) is 2.42. The topological polar surface area (TPSA) is 15.3 Å². The minimum atomic E-state index is 0.552. The van der Waals surface area contributed by atoms with Crippen LogP contribution in [0.15, 0.2) is 30.3 Å². The van der Waals surface area contributed by atoms with Crippen molar-refractivity contribution >= 4 is 0 Å². The van der Waals surface area contributed by atoms with E-state index >= 15 is 0 Å². The number of likely N-dealkylation sites (N-methyl/N-ethyl adjacent to an activating group) is 1. The molecular weight excluding hydrogens is 232 g/mol. The Kier molecular flexibility index (Phi) is 7.11. The van der Waals surface area contributed by atoms with E-state index in [9.17, 15) is 0 Å². The number of nitrogens with zero attached hydrogens (tertiary/aromatic N) is 1. The SMILES string of the molecule is CCN(Cc1ccccc1)C(CNC(C)C)C(C)C. The molecule has 0 aliphatic carbocycles. The molecule has 1 unspecified atom stereocenters. The lowest BCUT2D eigenvalue weighted by molar-refractivity contribution is 0.149. The number of nitrogens with one attached hydrogen (secondary N) is 1. The van der Waals surface area contributed by atoms with Gasteiger partial charge in [0, 0.05) is 25.2 Å². The maximum atomic E-state index is 3.59. The van der Waals surface area contributed by atoms with Crippen LogP contribution in [-0.2, 0) is 6.54 Å². The van der Waals surface area contributed by atoms with Crippen LogP contribution in [0.3, 0.4) is 0 Å². The Morgan fingerprint density at radius 2 is 1.68 bits per heavy atom. The molecule has 0 aliphatic rings. The second kappa shape index (κ2) is 8.34. The van der Waals surface area contributed by atoms with Crippen LogP contribution in [-0.4, -0.2) is 30.1 Å². The van der Waals surface area contributed by atoms with E-state index in [-0.39, 0.29) is 0 Å². The predicted molar refractivity (Wildman–Crippen MR) is 84.3 cm³/mol. The van der Waals surface area contributed by atoms with Gasteiger partial charge in [0.05, 0.1) is 0 Å². The highest BCUT2D eigenvalue weighted by atomic mass is 15.2. The molecule has 0 heterocycles. The first-order valence-electron chi connectivity index (χ1n) is 7.56. The molecule has 108 valence electrons. The third-order valence-corrected chi connectivity index (χ3v) is 3.61. The molecule has 0 fully saturated rings. The van der Waals surface area contributed by atoms with Gasteiger partial charge in [-0.15, -0.1) is 0 Å². The first kappa shape index (κ1) is 16.2. The van der Waals surface area contributed by atoms with E-state index in [1.807, 2.05) is 0 Å². The van der Waals surface area contributed by atoms with Crippen LogP contribution in [0.4, 0.5) is 0 Å². The Hall–Kier alpha value is -0.860. The van der Waals surface area contributed by atoms with Crippen LogP contribution < -0.4 is 5.32 Å². The summed E-state index contributed by atoms with van der Waals surface area (Å²) in [5.74, 6) is 0.662. The Morgan fingerprint density at radius 1 is 1.05 bits per heavy atom. The molecule has 0 saturated carbocycles. The van der Waals surface area contributed by atoms with Crippen molar-refractivity contribution in [2.24, 2.45) is 5.92 Å².